The lowest BCUT2D eigenvalue weighted by Crippen LogP contribution is -2.61. The molecule has 2 amide bonds. The lowest BCUT2D eigenvalue weighted by atomic mass is 10.2. The molecular formula is C13H14N2O4. The van der Waals surface area contributed by atoms with Crippen molar-refractivity contribution in [3.63, 3.8) is 0 Å². The molecule has 2 aliphatic carbocycles. The monoisotopic (exact) mass is 262 g/mol. The Morgan fingerprint density at radius 2 is 1.95 bits per heavy atom. The molecular weight excluding hydrogens is 248 g/mol. The second kappa shape index (κ2) is 5.09. The molecule has 1 heterocycles. The van der Waals surface area contributed by atoms with E-state index >= 15 is 0 Å². The first-order chi connectivity index (χ1) is 8.97. The van der Waals surface area contributed by atoms with E-state index in [2.05, 4.69) is 29.7 Å². The van der Waals surface area contributed by atoms with Gasteiger partial charge in [-0.2, -0.15) is 0 Å². The van der Waals surface area contributed by atoms with Crippen LogP contribution in [0.5, 0.6) is 0 Å². The number of nitrogens with zero attached hydrogens (tertiary/aromatic N) is 1. The minimum Gasteiger partial charge on any atom is -0.439 e. The van der Waals surface area contributed by atoms with E-state index in [0.29, 0.717) is 0 Å². The third-order valence-electron chi connectivity index (χ3n) is 2.60. The average molecular weight is 262 g/mol. The van der Waals surface area contributed by atoms with Gasteiger partial charge in [0.05, 0.1) is 6.42 Å². The molecule has 3 aliphatic rings. The van der Waals surface area contributed by atoms with Crippen LogP contribution in [0.1, 0.15) is 20.3 Å². The molecule has 1 N–H and O–H groups in total. The predicted molar refractivity (Wildman–Crippen MR) is 66.3 cm³/mol. The van der Waals surface area contributed by atoms with E-state index in [4.69, 9.17) is 4.74 Å². The first-order valence-corrected chi connectivity index (χ1v) is 5.84. The molecule has 0 aromatic heterocycles. The van der Waals surface area contributed by atoms with Crippen molar-refractivity contribution in [1.29, 1.82) is 0 Å². The molecule has 1 unspecified atom stereocenters. The maximum atomic E-state index is 10.9. The van der Waals surface area contributed by atoms with Gasteiger partial charge < -0.3 is 4.74 Å². The van der Waals surface area contributed by atoms with Gasteiger partial charge in [-0.15, -0.1) is 0 Å². The van der Waals surface area contributed by atoms with E-state index in [1.54, 1.807) is 0 Å². The summed E-state index contributed by atoms with van der Waals surface area (Å²) >= 11 is 0. The number of hydrogen-bond donors (Lipinski definition) is 1. The average Bonchev–Trinajstić information content (AvgIpc) is 2.93. The Balaban J connectivity index is 0.000000180. The van der Waals surface area contributed by atoms with Crippen molar-refractivity contribution in [2.45, 2.75) is 26.5 Å². The highest BCUT2D eigenvalue weighted by molar-refractivity contribution is 5.86. The largest absolute Gasteiger partial charge is 0.439 e. The van der Waals surface area contributed by atoms with E-state index in [9.17, 15) is 14.4 Å². The van der Waals surface area contributed by atoms with Crippen LogP contribution in [0.3, 0.4) is 0 Å². The fourth-order valence-corrected chi connectivity index (χ4v) is 1.65. The second-order valence-electron chi connectivity index (χ2n) is 4.28. The zero-order valence-electron chi connectivity index (χ0n) is 10.7. The highest BCUT2D eigenvalue weighted by Gasteiger charge is 2.39. The third kappa shape index (κ3) is 3.31. The molecule has 0 aromatic rings. The van der Waals surface area contributed by atoms with E-state index in [-0.39, 0.29) is 18.2 Å². The molecule has 1 atom stereocenters. The fraction of sp³-hybridized carbons (Fsp3) is 0.308. The number of hydrogen-bond acceptors (Lipinski definition) is 4. The lowest BCUT2D eigenvalue weighted by Gasteiger charge is -2.38. The van der Waals surface area contributed by atoms with Gasteiger partial charge in [0, 0.05) is 13.8 Å². The number of nitrogens with one attached hydrogen (secondary N) is 1. The summed E-state index contributed by atoms with van der Waals surface area (Å²) in [6.45, 7) is 2.52. The molecule has 0 radical (unpaired) electrons. The number of carbonyl (C=O) groups is 3. The Kier molecular flexibility index (Phi) is 3.50. The standard InChI is InChI=1S/C7H10N2O4.C6H4/c1-4(10)8-9-6(12)3-7(9)13-5(2)11;1-2-5-4-6(5)3-1/h7H,3H2,1-2H3,(H,8,10);1-4H. The molecule has 0 spiro atoms. The van der Waals surface area contributed by atoms with Gasteiger partial charge in [-0.25, -0.2) is 5.01 Å². The van der Waals surface area contributed by atoms with Gasteiger partial charge in [0.25, 0.3) is 0 Å². The van der Waals surface area contributed by atoms with Gasteiger partial charge in [0.2, 0.25) is 18.0 Å². The van der Waals surface area contributed by atoms with E-state index < -0.39 is 12.2 Å². The Labute approximate surface area is 110 Å². The summed E-state index contributed by atoms with van der Waals surface area (Å²) < 4.78 is 4.72. The summed E-state index contributed by atoms with van der Waals surface area (Å²) in [6.07, 6.45) is -0.520. The van der Waals surface area contributed by atoms with Gasteiger partial charge in [-0.1, -0.05) is 18.2 Å². The van der Waals surface area contributed by atoms with Crippen LogP contribution >= 0.6 is 0 Å². The second-order valence-corrected chi connectivity index (χ2v) is 4.28. The molecule has 1 saturated heterocycles. The molecule has 0 aromatic carbocycles. The number of esters is 1. The van der Waals surface area contributed by atoms with Crippen molar-refractivity contribution >= 4 is 17.8 Å². The van der Waals surface area contributed by atoms with Gasteiger partial charge in [-0.05, 0) is 17.2 Å². The number of benzene rings is 1. The van der Waals surface area contributed by atoms with Gasteiger partial charge in [0.15, 0.2) is 0 Å². The Hall–Kier alpha value is -2.37. The molecule has 6 nitrogen and oxygen atoms in total. The highest BCUT2D eigenvalue weighted by atomic mass is 16.6. The van der Waals surface area contributed by atoms with Gasteiger partial charge >= 0.3 is 5.97 Å². The van der Waals surface area contributed by atoms with Crippen LogP contribution in [0.4, 0.5) is 0 Å². The van der Waals surface area contributed by atoms with Crippen molar-refractivity contribution in [2.75, 3.05) is 0 Å². The predicted octanol–water partition coefficient (Wildman–Crippen LogP) is 0.826. The fourth-order valence-electron chi connectivity index (χ4n) is 1.65. The van der Waals surface area contributed by atoms with E-state index in [0.717, 1.165) is 5.01 Å². The zero-order chi connectivity index (χ0) is 14.0. The number of carbonyl (C=O) groups excluding carboxylic acids is 3. The molecule has 3 rings (SSSR count). The zero-order valence-corrected chi connectivity index (χ0v) is 10.7. The van der Waals surface area contributed by atoms with Gasteiger partial charge in [0.1, 0.15) is 0 Å². The van der Waals surface area contributed by atoms with Crippen molar-refractivity contribution < 1.29 is 19.1 Å². The Bertz CT molecular complexity index is 524. The molecule has 1 fully saturated rings. The smallest absolute Gasteiger partial charge is 0.304 e. The van der Waals surface area contributed by atoms with Gasteiger partial charge in [-0.3, -0.25) is 19.8 Å². The van der Waals surface area contributed by atoms with Crippen molar-refractivity contribution in [3.8, 4) is 11.1 Å². The van der Waals surface area contributed by atoms with Crippen molar-refractivity contribution in [3.05, 3.63) is 24.3 Å². The first-order valence-electron chi connectivity index (χ1n) is 5.84. The van der Waals surface area contributed by atoms with Crippen LogP contribution in [0.2, 0.25) is 0 Å². The Morgan fingerprint density at radius 3 is 2.26 bits per heavy atom. The first kappa shape index (κ1) is 13.1. The summed E-state index contributed by atoms with van der Waals surface area (Å²) in [5.41, 5.74) is 5.10. The molecule has 19 heavy (non-hydrogen) atoms. The number of amides is 2. The van der Waals surface area contributed by atoms with Crippen LogP contribution in [-0.2, 0) is 19.1 Å². The maximum Gasteiger partial charge on any atom is 0.304 e. The molecule has 0 saturated carbocycles. The van der Waals surface area contributed by atoms with Crippen molar-refractivity contribution in [1.82, 2.24) is 10.4 Å². The minimum atomic E-state index is -0.645. The SMILES string of the molecule is CC(=O)NN1C(=O)CC1OC(C)=O.c1cc2cc-2c1. The lowest BCUT2D eigenvalue weighted by molar-refractivity contribution is -0.191. The quantitative estimate of drug-likeness (QED) is 0.642. The number of β-lactam (4-membered cyclic amide) rings is 1. The number of hydrazine groups is 1. The van der Waals surface area contributed by atoms with Crippen LogP contribution in [0.25, 0.3) is 11.1 Å². The van der Waals surface area contributed by atoms with Crippen LogP contribution in [0.15, 0.2) is 24.3 Å². The summed E-state index contributed by atoms with van der Waals surface area (Å²) in [5.74, 6) is -1.11. The summed E-state index contributed by atoms with van der Waals surface area (Å²) in [5, 5.41) is 1.00. The highest BCUT2D eigenvalue weighted by Crippen LogP contribution is 2.32. The number of fused-ring (bicyclic) bond motifs is 1. The minimum absolute atomic E-state index is 0.125. The number of rotatable bonds is 2. The molecule has 6 heteroatoms. The normalized spacial score (nSPS) is 17.7. The molecule has 100 valence electrons. The van der Waals surface area contributed by atoms with E-state index in [1.165, 1.54) is 25.0 Å². The van der Waals surface area contributed by atoms with E-state index in [1.807, 2.05) is 0 Å². The third-order valence-corrected chi connectivity index (χ3v) is 2.60. The van der Waals surface area contributed by atoms with Crippen LogP contribution < -0.4 is 5.43 Å². The molecule has 1 aliphatic heterocycles. The summed E-state index contributed by atoms with van der Waals surface area (Å²) in [4.78, 5) is 32.0. The van der Waals surface area contributed by atoms with Crippen LogP contribution in [0, 0.1) is 0 Å². The Morgan fingerprint density at radius 1 is 1.32 bits per heavy atom. The topological polar surface area (TPSA) is 75.7 Å². The summed E-state index contributed by atoms with van der Waals surface area (Å²) in [7, 11) is 0. The maximum absolute atomic E-state index is 10.9. The number of ether oxygens (including phenoxy) is 1. The van der Waals surface area contributed by atoms with Crippen molar-refractivity contribution in [2.24, 2.45) is 0 Å². The summed E-state index contributed by atoms with van der Waals surface area (Å²) in [6, 6.07) is 8.48. The van der Waals surface area contributed by atoms with Crippen LogP contribution in [-0.4, -0.2) is 29.0 Å². The molecule has 0 bridgehead atoms.